The van der Waals surface area contributed by atoms with Gasteiger partial charge in [-0.05, 0) is 66.0 Å². The standard InChI is InChI=1S/C21H20BrN3O3/c1-13-7-8-16(15(22)11-13)23-18(26)12-24-20(28)14-5-3-4-6-17(14)25-19(27)9-10-21(24,25)2/h3-8,11H,9-10,12H2,1-2H3,(H,23,26). The lowest BCUT2D eigenvalue weighted by atomic mass is 9.98. The smallest absolute Gasteiger partial charge is 0.258 e. The second-order valence-electron chi connectivity index (χ2n) is 7.39. The molecule has 6 nitrogen and oxygen atoms in total. The molecule has 2 aromatic rings. The summed E-state index contributed by atoms with van der Waals surface area (Å²) in [5.74, 6) is -0.575. The lowest BCUT2D eigenvalue weighted by molar-refractivity contribution is -0.120. The molecular formula is C21H20BrN3O3. The van der Waals surface area contributed by atoms with Crippen LogP contribution in [0.4, 0.5) is 11.4 Å². The van der Waals surface area contributed by atoms with E-state index < -0.39 is 5.66 Å². The first-order valence-electron chi connectivity index (χ1n) is 9.11. The van der Waals surface area contributed by atoms with Crippen LogP contribution < -0.4 is 10.2 Å². The van der Waals surface area contributed by atoms with Crippen molar-refractivity contribution >= 4 is 45.0 Å². The number of hydrogen-bond acceptors (Lipinski definition) is 3. The van der Waals surface area contributed by atoms with Gasteiger partial charge >= 0.3 is 0 Å². The van der Waals surface area contributed by atoms with Crippen molar-refractivity contribution in [3.63, 3.8) is 0 Å². The van der Waals surface area contributed by atoms with E-state index in [2.05, 4.69) is 21.2 Å². The van der Waals surface area contributed by atoms with Crippen LogP contribution in [0.3, 0.4) is 0 Å². The van der Waals surface area contributed by atoms with E-state index in [0.717, 1.165) is 10.0 Å². The van der Waals surface area contributed by atoms with Crippen molar-refractivity contribution < 1.29 is 14.4 Å². The predicted octanol–water partition coefficient (Wildman–Crippen LogP) is 3.70. The highest BCUT2D eigenvalue weighted by Gasteiger charge is 2.53. The van der Waals surface area contributed by atoms with Crippen molar-refractivity contribution in [2.45, 2.75) is 32.4 Å². The molecule has 1 atom stereocenters. The van der Waals surface area contributed by atoms with Gasteiger partial charge in [0.2, 0.25) is 11.8 Å². The average molecular weight is 442 g/mol. The van der Waals surface area contributed by atoms with Crippen molar-refractivity contribution in [3.05, 3.63) is 58.1 Å². The molecule has 3 amide bonds. The fourth-order valence-electron chi connectivity index (χ4n) is 4.00. The van der Waals surface area contributed by atoms with Gasteiger partial charge in [-0.2, -0.15) is 0 Å². The molecule has 2 aliphatic heterocycles. The second kappa shape index (κ2) is 6.74. The number of benzene rings is 2. The Morgan fingerprint density at radius 3 is 2.71 bits per heavy atom. The molecular weight excluding hydrogens is 422 g/mol. The molecule has 28 heavy (non-hydrogen) atoms. The van der Waals surface area contributed by atoms with Crippen LogP contribution in [-0.2, 0) is 9.59 Å². The summed E-state index contributed by atoms with van der Waals surface area (Å²) >= 11 is 3.45. The Morgan fingerprint density at radius 2 is 1.96 bits per heavy atom. The van der Waals surface area contributed by atoms with Crippen LogP contribution in [0.15, 0.2) is 46.9 Å². The third-order valence-electron chi connectivity index (χ3n) is 5.45. The molecule has 0 aromatic heterocycles. The molecule has 0 saturated carbocycles. The van der Waals surface area contributed by atoms with Crippen LogP contribution >= 0.6 is 15.9 Å². The van der Waals surface area contributed by atoms with E-state index in [0.29, 0.717) is 29.8 Å². The van der Waals surface area contributed by atoms with Crippen molar-refractivity contribution in [1.82, 2.24) is 4.90 Å². The van der Waals surface area contributed by atoms with Gasteiger partial charge in [0.15, 0.2) is 0 Å². The maximum absolute atomic E-state index is 13.2. The summed E-state index contributed by atoms with van der Waals surface area (Å²) in [6.45, 7) is 3.68. The normalized spacial score (nSPS) is 20.8. The second-order valence-corrected chi connectivity index (χ2v) is 8.24. The van der Waals surface area contributed by atoms with Crippen LogP contribution in [0.2, 0.25) is 0 Å². The number of para-hydroxylation sites is 1. The molecule has 0 spiro atoms. The predicted molar refractivity (Wildman–Crippen MR) is 110 cm³/mol. The lowest BCUT2D eigenvalue weighted by Crippen LogP contribution is -2.63. The number of carbonyl (C=O) groups excluding carboxylic acids is 3. The minimum atomic E-state index is -0.843. The van der Waals surface area contributed by atoms with E-state index in [1.54, 1.807) is 23.1 Å². The zero-order chi connectivity index (χ0) is 20.1. The van der Waals surface area contributed by atoms with E-state index in [9.17, 15) is 14.4 Å². The molecule has 2 heterocycles. The van der Waals surface area contributed by atoms with Crippen LogP contribution in [0.5, 0.6) is 0 Å². The molecule has 144 valence electrons. The molecule has 1 N–H and O–H groups in total. The van der Waals surface area contributed by atoms with E-state index in [4.69, 9.17) is 0 Å². The minimum absolute atomic E-state index is 0.0332. The molecule has 0 radical (unpaired) electrons. The van der Waals surface area contributed by atoms with Gasteiger partial charge < -0.3 is 10.2 Å². The molecule has 2 aromatic carbocycles. The van der Waals surface area contributed by atoms with Crippen molar-refractivity contribution in [1.29, 1.82) is 0 Å². The van der Waals surface area contributed by atoms with E-state index in [1.807, 2.05) is 38.1 Å². The Labute approximate surface area is 171 Å². The maximum atomic E-state index is 13.2. The number of nitrogens with zero attached hydrogens (tertiary/aromatic N) is 2. The number of hydrogen-bond donors (Lipinski definition) is 1. The molecule has 7 heteroatoms. The highest BCUT2D eigenvalue weighted by molar-refractivity contribution is 9.10. The van der Waals surface area contributed by atoms with Crippen molar-refractivity contribution in [2.75, 3.05) is 16.8 Å². The summed E-state index contributed by atoms with van der Waals surface area (Å²) < 4.78 is 0.778. The molecule has 0 aliphatic carbocycles. The largest absolute Gasteiger partial charge is 0.324 e. The minimum Gasteiger partial charge on any atom is -0.324 e. The fourth-order valence-corrected chi connectivity index (χ4v) is 4.59. The quantitative estimate of drug-likeness (QED) is 0.789. The number of nitrogens with one attached hydrogen (secondary N) is 1. The fraction of sp³-hybridized carbons (Fsp3) is 0.286. The topological polar surface area (TPSA) is 69.7 Å². The number of anilines is 2. The summed E-state index contributed by atoms with van der Waals surface area (Å²) in [6.07, 6.45) is 0.840. The zero-order valence-corrected chi connectivity index (χ0v) is 17.2. The van der Waals surface area contributed by atoms with Gasteiger partial charge in [0, 0.05) is 10.9 Å². The molecule has 1 unspecified atom stereocenters. The SMILES string of the molecule is Cc1ccc(NC(=O)CN2C(=O)c3ccccc3N3C(=O)CCC23C)c(Br)c1. The summed E-state index contributed by atoms with van der Waals surface area (Å²) in [5.41, 5.74) is 1.94. The van der Waals surface area contributed by atoms with Crippen LogP contribution in [0.25, 0.3) is 0 Å². The lowest BCUT2D eigenvalue weighted by Gasteiger charge is -2.48. The van der Waals surface area contributed by atoms with Crippen LogP contribution in [0, 0.1) is 6.92 Å². The van der Waals surface area contributed by atoms with Gasteiger partial charge in [0.05, 0.1) is 16.9 Å². The van der Waals surface area contributed by atoms with Crippen molar-refractivity contribution in [2.24, 2.45) is 0 Å². The third kappa shape index (κ3) is 2.90. The Hall–Kier alpha value is -2.67. The first-order valence-corrected chi connectivity index (χ1v) is 9.90. The van der Waals surface area contributed by atoms with Gasteiger partial charge in [-0.3, -0.25) is 19.3 Å². The number of aryl methyl sites for hydroxylation is 1. The number of amides is 3. The number of rotatable bonds is 3. The van der Waals surface area contributed by atoms with E-state index in [1.165, 1.54) is 4.90 Å². The monoisotopic (exact) mass is 441 g/mol. The van der Waals surface area contributed by atoms with Gasteiger partial charge in [-0.25, -0.2) is 0 Å². The summed E-state index contributed by atoms with van der Waals surface area (Å²) in [5, 5.41) is 2.85. The highest BCUT2D eigenvalue weighted by Crippen LogP contribution is 2.43. The van der Waals surface area contributed by atoms with Crippen LogP contribution in [0.1, 0.15) is 35.7 Å². The van der Waals surface area contributed by atoms with E-state index >= 15 is 0 Å². The zero-order valence-electron chi connectivity index (χ0n) is 15.7. The average Bonchev–Trinajstić information content (AvgIpc) is 2.97. The highest BCUT2D eigenvalue weighted by atomic mass is 79.9. The Kier molecular flexibility index (Phi) is 4.50. The molecule has 1 fully saturated rings. The number of halogens is 1. The van der Waals surface area contributed by atoms with Gasteiger partial charge in [0.1, 0.15) is 12.2 Å². The molecule has 2 aliphatic rings. The molecule has 0 bridgehead atoms. The van der Waals surface area contributed by atoms with Crippen LogP contribution in [-0.4, -0.2) is 34.8 Å². The maximum Gasteiger partial charge on any atom is 0.258 e. The summed E-state index contributed by atoms with van der Waals surface area (Å²) in [6, 6.07) is 12.7. The number of carbonyl (C=O) groups is 3. The summed E-state index contributed by atoms with van der Waals surface area (Å²) in [4.78, 5) is 41.7. The first kappa shape index (κ1) is 18.7. The number of fused-ring (bicyclic) bond motifs is 3. The summed E-state index contributed by atoms with van der Waals surface area (Å²) in [7, 11) is 0. The molecule has 1 saturated heterocycles. The molecule has 4 rings (SSSR count). The van der Waals surface area contributed by atoms with E-state index in [-0.39, 0.29) is 24.3 Å². The third-order valence-corrected chi connectivity index (χ3v) is 6.10. The first-order chi connectivity index (χ1) is 13.3. The Morgan fingerprint density at radius 1 is 1.21 bits per heavy atom. The Balaban J connectivity index is 1.64. The van der Waals surface area contributed by atoms with Gasteiger partial charge in [-0.15, -0.1) is 0 Å². The van der Waals surface area contributed by atoms with Gasteiger partial charge in [0.25, 0.3) is 5.91 Å². The van der Waals surface area contributed by atoms with Gasteiger partial charge in [-0.1, -0.05) is 18.2 Å². The van der Waals surface area contributed by atoms with Crippen molar-refractivity contribution in [3.8, 4) is 0 Å². The Bertz CT molecular complexity index is 1010.